The van der Waals surface area contributed by atoms with Gasteiger partial charge < -0.3 is 0 Å². The molecule has 1 aromatic carbocycles. The van der Waals surface area contributed by atoms with Crippen molar-refractivity contribution in [1.82, 2.24) is 9.78 Å². The monoisotopic (exact) mass is 270 g/mol. The molecule has 108 valence electrons. The maximum Gasteiger partial charge on any atom is 0.0731 e. The Hall–Kier alpha value is -1.57. The maximum atomic E-state index is 4.88. The van der Waals surface area contributed by atoms with E-state index in [2.05, 4.69) is 71.3 Å². The minimum absolute atomic E-state index is 0.394. The summed E-state index contributed by atoms with van der Waals surface area (Å²) in [4.78, 5) is 0. The summed E-state index contributed by atoms with van der Waals surface area (Å²) in [5.74, 6) is 0.433. The standard InChI is InChI=1S/C18H26N2/c1-11(2)18-17(15(7)20(19-18)12(3)4)16-13(5)9-8-10-14(16)6/h8-12H,1-7H3. The van der Waals surface area contributed by atoms with Gasteiger partial charge in [-0.25, -0.2) is 0 Å². The highest BCUT2D eigenvalue weighted by Crippen LogP contribution is 2.36. The molecule has 0 amide bonds. The minimum atomic E-state index is 0.394. The highest BCUT2D eigenvalue weighted by molar-refractivity contribution is 5.75. The molecule has 0 spiro atoms. The Bertz CT molecular complexity index is 598. The average molecular weight is 270 g/mol. The summed E-state index contributed by atoms with van der Waals surface area (Å²) >= 11 is 0. The highest BCUT2D eigenvalue weighted by atomic mass is 15.3. The van der Waals surface area contributed by atoms with Gasteiger partial charge in [-0.1, -0.05) is 32.0 Å². The van der Waals surface area contributed by atoms with Gasteiger partial charge in [-0.05, 0) is 57.2 Å². The topological polar surface area (TPSA) is 17.8 Å². The molecule has 0 N–H and O–H groups in total. The molecule has 0 atom stereocenters. The lowest BCUT2D eigenvalue weighted by atomic mass is 9.91. The van der Waals surface area contributed by atoms with Crippen LogP contribution in [0.1, 0.15) is 62.2 Å². The van der Waals surface area contributed by atoms with Crippen LogP contribution in [0, 0.1) is 20.8 Å². The van der Waals surface area contributed by atoms with Crippen molar-refractivity contribution in [3.63, 3.8) is 0 Å². The van der Waals surface area contributed by atoms with Gasteiger partial charge in [0.2, 0.25) is 0 Å². The molecular weight excluding hydrogens is 244 g/mol. The quantitative estimate of drug-likeness (QED) is 0.751. The van der Waals surface area contributed by atoms with E-state index in [-0.39, 0.29) is 0 Å². The van der Waals surface area contributed by atoms with E-state index >= 15 is 0 Å². The Labute approximate surface area is 122 Å². The van der Waals surface area contributed by atoms with E-state index in [1.165, 1.54) is 33.6 Å². The van der Waals surface area contributed by atoms with Crippen molar-refractivity contribution >= 4 is 0 Å². The number of hydrogen-bond donors (Lipinski definition) is 0. The second-order valence-corrected chi connectivity index (χ2v) is 6.31. The van der Waals surface area contributed by atoms with Crippen molar-refractivity contribution in [1.29, 1.82) is 0 Å². The van der Waals surface area contributed by atoms with Crippen LogP contribution in [0.15, 0.2) is 18.2 Å². The molecule has 0 aliphatic carbocycles. The summed E-state index contributed by atoms with van der Waals surface area (Å²) in [6.45, 7) is 15.4. The van der Waals surface area contributed by atoms with Gasteiger partial charge in [0.05, 0.1) is 5.69 Å². The van der Waals surface area contributed by atoms with Crippen LogP contribution in [0.4, 0.5) is 0 Å². The minimum Gasteiger partial charge on any atom is -0.266 e. The van der Waals surface area contributed by atoms with Crippen molar-refractivity contribution in [3.8, 4) is 11.1 Å². The molecule has 1 heterocycles. The first-order chi connectivity index (χ1) is 9.34. The summed E-state index contributed by atoms with van der Waals surface area (Å²) in [5.41, 5.74) is 7.86. The van der Waals surface area contributed by atoms with Crippen molar-refractivity contribution in [3.05, 3.63) is 40.7 Å². The molecule has 0 aliphatic heterocycles. The van der Waals surface area contributed by atoms with E-state index in [1.807, 2.05) is 0 Å². The number of aromatic nitrogens is 2. The van der Waals surface area contributed by atoms with Gasteiger partial charge in [-0.15, -0.1) is 0 Å². The van der Waals surface area contributed by atoms with Crippen LogP contribution in [0.5, 0.6) is 0 Å². The van der Waals surface area contributed by atoms with E-state index in [0.29, 0.717) is 12.0 Å². The zero-order valence-electron chi connectivity index (χ0n) is 13.8. The Balaban J connectivity index is 2.79. The van der Waals surface area contributed by atoms with Crippen LogP contribution >= 0.6 is 0 Å². The summed E-state index contributed by atoms with van der Waals surface area (Å²) in [5, 5.41) is 4.88. The fourth-order valence-electron chi connectivity index (χ4n) is 2.97. The van der Waals surface area contributed by atoms with Crippen molar-refractivity contribution in [2.45, 2.75) is 60.4 Å². The molecular formula is C18H26N2. The van der Waals surface area contributed by atoms with Gasteiger partial charge in [0.15, 0.2) is 0 Å². The fourth-order valence-corrected chi connectivity index (χ4v) is 2.97. The second-order valence-electron chi connectivity index (χ2n) is 6.31. The van der Waals surface area contributed by atoms with Crippen molar-refractivity contribution in [2.24, 2.45) is 0 Å². The molecule has 0 aliphatic rings. The van der Waals surface area contributed by atoms with E-state index < -0.39 is 0 Å². The number of aryl methyl sites for hydroxylation is 2. The Morgan fingerprint density at radius 2 is 1.45 bits per heavy atom. The first-order valence-corrected chi connectivity index (χ1v) is 7.50. The van der Waals surface area contributed by atoms with Crippen LogP contribution in [0.25, 0.3) is 11.1 Å². The molecule has 0 bridgehead atoms. The molecule has 20 heavy (non-hydrogen) atoms. The van der Waals surface area contributed by atoms with Crippen LogP contribution in [-0.2, 0) is 0 Å². The normalized spacial score (nSPS) is 11.7. The third-order valence-electron chi connectivity index (χ3n) is 3.94. The molecule has 2 nitrogen and oxygen atoms in total. The van der Waals surface area contributed by atoms with Gasteiger partial charge in [-0.3, -0.25) is 4.68 Å². The number of hydrogen-bond acceptors (Lipinski definition) is 1. The number of rotatable bonds is 3. The third kappa shape index (κ3) is 2.39. The highest BCUT2D eigenvalue weighted by Gasteiger charge is 2.21. The zero-order chi connectivity index (χ0) is 15.0. The molecule has 0 unspecified atom stereocenters. The molecule has 2 aromatic rings. The van der Waals surface area contributed by atoms with Crippen LogP contribution in [0.2, 0.25) is 0 Å². The van der Waals surface area contributed by atoms with Gasteiger partial charge in [0.25, 0.3) is 0 Å². The molecule has 1 aromatic heterocycles. The molecule has 0 saturated heterocycles. The second kappa shape index (κ2) is 5.43. The van der Waals surface area contributed by atoms with Gasteiger partial charge in [-0.2, -0.15) is 5.10 Å². The van der Waals surface area contributed by atoms with E-state index in [4.69, 9.17) is 5.10 Å². The van der Waals surface area contributed by atoms with Crippen molar-refractivity contribution < 1.29 is 0 Å². The van der Waals surface area contributed by atoms with Gasteiger partial charge >= 0.3 is 0 Å². The Morgan fingerprint density at radius 3 is 1.90 bits per heavy atom. The predicted molar refractivity (Wildman–Crippen MR) is 86.3 cm³/mol. The van der Waals surface area contributed by atoms with Crippen molar-refractivity contribution in [2.75, 3.05) is 0 Å². The van der Waals surface area contributed by atoms with Gasteiger partial charge in [0, 0.05) is 17.3 Å². The SMILES string of the molecule is Cc1cccc(C)c1-c1c(C(C)C)nn(C(C)C)c1C. The van der Waals surface area contributed by atoms with Crippen LogP contribution in [0.3, 0.4) is 0 Å². The fraction of sp³-hybridized carbons (Fsp3) is 0.500. The first kappa shape index (κ1) is 14.8. The number of nitrogens with zero attached hydrogens (tertiary/aromatic N) is 2. The largest absolute Gasteiger partial charge is 0.266 e. The summed E-state index contributed by atoms with van der Waals surface area (Å²) in [7, 11) is 0. The molecule has 2 heteroatoms. The molecule has 0 fully saturated rings. The summed E-state index contributed by atoms with van der Waals surface area (Å²) in [6.07, 6.45) is 0. The zero-order valence-corrected chi connectivity index (χ0v) is 13.8. The Morgan fingerprint density at radius 1 is 0.900 bits per heavy atom. The molecule has 0 saturated carbocycles. The Kier molecular flexibility index (Phi) is 4.03. The van der Waals surface area contributed by atoms with E-state index in [0.717, 1.165) is 0 Å². The summed E-state index contributed by atoms with van der Waals surface area (Å²) in [6, 6.07) is 6.91. The van der Waals surface area contributed by atoms with Crippen LogP contribution < -0.4 is 0 Å². The molecule has 0 radical (unpaired) electrons. The average Bonchev–Trinajstić information content (AvgIpc) is 2.68. The van der Waals surface area contributed by atoms with Crippen LogP contribution in [-0.4, -0.2) is 9.78 Å². The maximum absolute atomic E-state index is 4.88. The number of benzene rings is 1. The predicted octanol–water partition coefficient (Wildman–Crippen LogP) is 5.18. The third-order valence-corrected chi connectivity index (χ3v) is 3.94. The van der Waals surface area contributed by atoms with E-state index in [1.54, 1.807) is 0 Å². The lowest BCUT2D eigenvalue weighted by Gasteiger charge is -2.13. The smallest absolute Gasteiger partial charge is 0.0731 e. The first-order valence-electron chi connectivity index (χ1n) is 7.50. The summed E-state index contributed by atoms with van der Waals surface area (Å²) < 4.78 is 2.16. The lowest BCUT2D eigenvalue weighted by Crippen LogP contribution is -2.05. The lowest BCUT2D eigenvalue weighted by molar-refractivity contribution is 0.511. The van der Waals surface area contributed by atoms with E-state index in [9.17, 15) is 0 Å². The molecule has 2 rings (SSSR count). The van der Waals surface area contributed by atoms with Gasteiger partial charge in [0.1, 0.15) is 0 Å².